The van der Waals surface area contributed by atoms with Gasteiger partial charge >= 0.3 is 0 Å². The number of hydrogen-bond donors (Lipinski definition) is 2. The van der Waals surface area contributed by atoms with E-state index in [9.17, 15) is 5.11 Å². The Balaban J connectivity index is 2.35. The van der Waals surface area contributed by atoms with Crippen LogP contribution in [0.15, 0.2) is 0 Å². The highest BCUT2D eigenvalue weighted by molar-refractivity contribution is 4.80. The first-order valence-corrected chi connectivity index (χ1v) is 6.29. The van der Waals surface area contributed by atoms with Crippen LogP contribution in [0.5, 0.6) is 0 Å². The third-order valence-corrected chi connectivity index (χ3v) is 3.26. The van der Waals surface area contributed by atoms with Crippen molar-refractivity contribution in [3.8, 4) is 0 Å². The molecule has 0 aromatic rings. The van der Waals surface area contributed by atoms with Gasteiger partial charge in [-0.05, 0) is 39.7 Å². The summed E-state index contributed by atoms with van der Waals surface area (Å²) in [7, 11) is 0. The lowest BCUT2D eigenvalue weighted by Gasteiger charge is -2.30. The Morgan fingerprint density at radius 2 is 2.20 bits per heavy atom. The van der Waals surface area contributed by atoms with Gasteiger partial charge in [0.2, 0.25) is 0 Å². The average Bonchev–Trinajstić information content (AvgIpc) is 2.69. The van der Waals surface area contributed by atoms with Crippen LogP contribution >= 0.6 is 0 Å². The van der Waals surface area contributed by atoms with Gasteiger partial charge in [-0.15, -0.1) is 0 Å². The van der Waals surface area contributed by atoms with Gasteiger partial charge in [0.15, 0.2) is 0 Å². The van der Waals surface area contributed by atoms with Crippen molar-refractivity contribution in [1.82, 2.24) is 10.2 Å². The first-order valence-electron chi connectivity index (χ1n) is 6.29. The zero-order valence-electron chi connectivity index (χ0n) is 10.4. The molecule has 15 heavy (non-hydrogen) atoms. The Morgan fingerprint density at radius 1 is 1.47 bits per heavy atom. The molecule has 2 atom stereocenters. The molecule has 0 aromatic heterocycles. The van der Waals surface area contributed by atoms with E-state index in [1.54, 1.807) is 0 Å². The fraction of sp³-hybridized carbons (Fsp3) is 1.00. The van der Waals surface area contributed by atoms with E-state index >= 15 is 0 Å². The van der Waals surface area contributed by atoms with Crippen molar-refractivity contribution in [1.29, 1.82) is 0 Å². The van der Waals surface area contributed by atoms with Gasteiger partial charge in [-0.2, -0.15) is 0 Å². The molecule has 1 aliphatic rings. The Labute approximate surface area is 93.9 Å². The Morgan fingerprint density at radius 3 is 2.67 bits per heavy atom. The molecule has 2 N–H and O–H groups in total. The van der Waals surface area contributed by atoms with E-state index in [0.29, 0.717) is 12.1 Å². The minimum Gasteiger partial charge on any atom is -0.392 e. The summed E-state index contributed by atoms with van der Waals surface area (Å²) >= 11 is 0. The van der Waals surface area contributed by atoms with Crippen LogP contribution < -0.4 is 5.32 Å². The summed E-state index contributed by atoms with van der Waals surface area (Å²) in [6, 6.07) is 1.16. The highest BCUT2D eigenvalue weighted by Crippen LogP contribution is 2.10. The molecule has 1 saturated heterocycles. The second-order valence-electron chi connectivity index (χ2n) is 4.90. The number of rotatable bonds is 6. The van der Waals surface area contributed by atoms with Crippen molar-refractivity contribution in [3.05, 3.63) is 0 Å². The molecule has 90 valence electrons. The molecule has 0 bridgehead atoms. The number of aliphatic hydroxyl groups is 1. The van der Waals surface area contributed by atoms with Gasteiger partial charge in [0, 0.05) is 25.2 Å². The Kier molecular flexibility index (Phi) is 5.58. The van der Waals surface area contributed by atoms with Crippen LogP contribution in [0.25, 0.3) is 0 Å². The maximum absolute atomic E-state index is 9.69. The van der Waals surface area contributed by atoms with Crippen LogP contribution in [0.3, 0.4) is 0 Å². The van der Waals surface area contributed by atoms with Crippen LogP contribution in [-0.2, 0) is 0 Å². The molecule has 3 heteroatoms. The van der Waals surface area contributed by atoms with Crippen LogP contribution in [0.4, 0.5) is 0 Å². The van der Waals surface area contributed by atoms with Crippen LogP contribution in [0, 0.1) is 0 Å². The lowest BCUT2D eigenvalue weighted by atomic mass is 10.1. The van der Waals surface area contributed by atoms with Gasteiger partial charge in [-0.1, -0.05) is 6.92 Å². The number of nitrogens with one attached hydrogen (secondary N) is 1. The van der Waals surface area contributed by atoms with Crippen molar-refractivity contribution in [2.24, 2.45) is 0 Å². The molecule has 1 fully saturated rings. The third-order valence-electron chi connectivity index (χ3n) is 3.26. The highest BCUT2D eigenvalue weighted by Gasteiger charge is 2.20. The van der Waals surface area contributed by atoms with Crippen molar-refractivity contribution in [3.63, 3.8) is 0 Å². The summed E-state index contributed by atoms with van der Waals surface area (Å²) < 4.78 is 0. The predicted octanol–water partition coefficient (Wildman–Crippen LogP) is 1.22. The van der Waals surface area contributed by atoms with Gasteiger partial charge in [-0.25, -0.2) is 0 Å². The quantitative estimate of drug-likeness (QED) is 0.698. The van der Waals surface area contributed by atoms with Gasteiger partial charge in [-0.3, -0.25) is 4.90 Å². The van der Waals surface area contributed by atoms with Gasteiger partial charge in [0.25, 0.3) is 0 Å². The molecule has 1 aliphatic heterocycles. The topological polar surface area (TPSA) is 35.5 Å². The maximum Gasteiger partial charge on any atom is 0.0664 e. The normalized spacial score (nSPS) is 24.0. The van der Waals surface area contributed by atoms with Crippen molar-refractivity contribution < 1.29 is 5.11 Å². The molecule has 0 aromatic carbocycles. The molecular weight excluding hydrogens is 188 g/mol. The first-order chi connectivity index (χ1) is 7.13. The second-order valence-corrected chi connectivity index (χ2v) is 4.90. The highest BCUT2D eigenvalue weighted by atomic mass is 16.3. The molecule has 1 heterocycles. The monoisotopic (exact) mass is 214 g/mol. The molecule has 0 amide bonds. The van der Waals surface area contributed by atoms with E-state index in [1.165, 1.54) is 12.8 Å². The molecular formula is C12H26N2O. The van der Waals surface area contributed by atoms with E-state index in [2.05, 4.69) is 24.1 Å². The zero-order valence-corrected chi connectivity index (χ0v) is 10.4. The fourth-order valence-electron chi connectivity index (χ4n) is 2.09. The van der Waals surface area contributed by atoms with E-state index in [-0.39, 0.29) is 6.10 Å². The summed E-state index contributed by atoms with van der Waals surface area (Å²) in [5.41, 5.74) is 0. The number of aliphatic hydroxyl groups excluding tert-OH is 1. The van der Waals surface area contributed by atoms with Crippen LogP contribution in [0.1, 0.15) is 40.0 Å². The van der Waals surface area contributed by atoms with Crippen molar-refractivity contribution in [2.75, 3.05) is 19.6 Å². The minimum atomic E-state index is -0.172. The standard InChI is InChI=1S/C12H26N2O/c1-4-12(15)9-14(10(2)3)8-11-6-5-7-13-11/h10-13,15H,4-9H2,1-3H3. The lowest BCUT2D eigenvalue weighted by molar-refractivity contribution is 0.0874. The first kappa shape index (κ1) is 12.9. The van der Waals surface area contributed by atoms with Crippen LogP contribution in [0.2, 0.25) is 0 Å². The average molecular weight is 214 g/mol. The zero-order chi connectivity index (χ0) is 11.3. The largest absolute Gasteiger partial charge is 0.392 e. The molecule has 2 unspecified atom stereocenters. The molecule has 0 radical (unpaired) electrons. The van der Waals surface area contributed by atoms with E-state index in [1.807, 2.05) is 6.92 Å². The van der Waals surface area contributed by atoms with E-state index in [0.717, 1.165) is 26.1 Å². The smallest absolute Gasteiger partial charge is 0.0664 e. The molecule has 0 aliphatic carbocycles. The maximum atomic E-state index is 9.69. The molecule has 0 saturated carbocycles. The molecule has 3 nitrogen and oxygen atoms in total. The van der Waals surface area contributed by atoms with E-state index in [4.69, 9.17) is 0 Å². The van der Waals surface area contributed by atoms with Gasteiger partial charge in [0.1, 0.15) is 0 Å². The second kappa shape index (κ2) is 6.46. The summed E-state index contributed by atoms with van der Waals surface area (Å²) in [6.45, 7) is 9.50. The summed E-state index contributed by atoms with van der Waals surface area (Å²) in [4.78, 5) is 2.39. The Hall–Kier alpha value is -0.120. The summed E-state index contributed by atoms with van der Waals surface area (Å²) in [6.07, 6.45) is 3.26. The van der Waals surface area contributed by atoms with Crippen molar-refractivity contribution in [2.45, 2.75) is 58.2 Å². The summed E-state index contributed by atoms with van der Waals surface area (Å²) in [5, 5.41) is 13.2. The van der Waals surface area contributed by atoms with Gasteiger partial charge in [0.05, 0.1) is 6.10 Å². The SMILES string of the molecule is CCC(O)CN(CC1CCCN1)C(C)C. The lowest BCUT2D eigenvalue weighted by Crippen LogP contribution is -2.44. The van der Waals surface area contributed by atoms with Crippen molar-refractivity contribution >= 4 is 0 Å². The molecule has 1 rings (SSSR count). The van der Waals surface area contributed by atoms with Crippen LogP contribution in [-0.4, -0.2) is 47.8 Å². The number of nitrogens with zero attached hydrogens (tertiary/aromatic N) is 1. The minimum absolute atomic E-state index is 0.172. The Bertz CT molecular complexity index is 167. The third kappa shape index (κ3) is 4.49. The number of hydrogen-bond acceptors (Lipinski definition) is 3. The van der Waals surface area contributed by atoms with E-state index < -0.39 is 0 Å². The van der Waals surface area contributed by atoms with Gasteiger partial charge < -0.3 is 10.4 Å². The summed E-state index contributed by atoms with van der Waals surface area (Å²) in [5.74, 6) is 0. The predicted molar refractivity (Wildman–Crippen MR) is 64.0 cm³/mol. The fourth-order valence-corrected chi connectivity index (χ4v) is 2.09. The molecule has 0 spiro atoms.